The Morgan fingerprint density at radius 1 is 1.50 bits per heavy atom. The summed E-state index contributed by atoms with van der Waals surface area (Å²) in [5.74, 6) is -0.164. The second-order valence-electron chi connectivity index (χ2n) is 3.76. The molecular formula is C12H19N3O2S. The van der Waals surface area contributed by atoms with Crippen LogP contribution in [0, 0.1) is 0 Å². The molecule has 100 valence electrons. The van der Waals surface area contributed by atoms with Gasteiger partial charge in [-0.2, -0.15) is 0 Å². The van der Waals surface area contributed by atoms with Crippen molar-refractivity contribution in [3.8, 4) is 0 Å². The van der Waals surface area contributed by atoms with Gasteiger partial charge >= 0.3 is 5.97 Å². The predicted octanol–water partition coefficient (Wildman–Crippen LogP) is 1.80. The first kappa shape index (κ1) is 14.8. The summed E-state index contributed by atoms with van der Waals surface area (Å²) in [6.07, 6.45) is 1.49. The fourth-order valence-corrected chi connectivity index (χ4v) is 2.51. The number of nitrogens with two attached hydrogens (primary N) is 1. The topological polar surface area (TPSA) is 79.5 Å². The van der Waals surface area contributed by atoms with Crippen molar-refractivity contribution in [3.63, 3.8) is 0 Å². The Kier molecular flexibility index (Phi) is 5.94. The summed E-state index contributed by atoms with van der Waals surface area (Å²) in [4.78, 5) is 17.3. The standard InChI is InChI=1S/C12H19N3O2S/c1-3-15(4-2)7-8-18-11-10(13)9(12(16)17)5-6-14-11/h5-6H,3-4,7-8,13H2,1-2H3,(H,16,17). The highest BCUT2D eigenvalue weighted by Crippen LogP contribution is 2.25. The molecule has 6 heteroatoms. The number of nitrogens with zero attached hydrogens (tertiary/aromatic N) is 2. The van der Waals surface area contributed by atoms with Crippen LogP contribution < -0.4 is 5.73 Å². The van der Waals surface area contributed by atoms with Crippen LogP contribution in [0.4, 0.5) is 5.69 Å². The van der Waals surface area contributed by atoms with Crippen LogP contribution >= 0.6 is 11.8 Å². The van der Waals surface area contributed by atoms with Crippen LogP contribution in [0.15, 0.2) is 17.3 Å². The Morgan fingerprint density at radius 3 is 2.72 bits per heavy atom. The maximum atomic E-state index is 10.9. The quantitative estimate of drug-likeness (QED) is 0.735. The molecule has 0 saturated heterocycles. The van der Waals surface area contributed by atoms with E-state index in [1.807, 2.05) is 0 Å². The van der Waals surface area contributed by atoms with Gasteiger partial charge in [0.25, 0.3) is 0 Å². The Labute approximate surface area is 111 Å². The first-order chi connectivity index (χ1) is 8.60. The van der Waals surface area contributed by atoms with Gasteiger partial charge in [-0.3, -0.25) is 0 Å². The molecule has 0 aliphatic carbocycles. The molecule has 0 aliphatic rings. The number of carboxylic acids is 1. The number of carbonyl (C=O) groups is 1. The molecule has 1 rings (SSSR count). The van der Waals surface area contributed by atoms with Crippen molar-refractivity contribution in [2.75, 3.05) is 31.1 Å². The van der Waals surface area contributed by atoms with E-state index in [4.69, 9.17) is 10.8 Å². The lowest BCUT2D eigenvalue weighted by atomic mass is 10.2. The van der Waals surface area contributed by atoms with E-state index in [9.17, 15) is 4.79 Å². The molecule has 1 heterocycles. The lowest BCUT2D eigenvalue weighted by molar-refractivity contribution is 0.0697. The van der Waals surface area contributed by atoms with Crippen LogP contribution in [0.1, 0.15) is 24.2 Å². The van der Waals surface area contributed by atoms with E-state index in [1.165, 1.54) is 24.0 Å². The maximum Gasteiger partial charge on any atom is 0.337 e. The van der Waals surface area contributed by atoms with Gasteiger partial charge in [0, 0.05) is 18.5 Å². The Hall–Kier alpha value is -1.27. The molecule has 0 saturated carbocycles. The molecule has 18 heavy (non-hydrogen) atoms. The minimum absolute atomic E-state index is 0.121. The Morgan fingerprint density at radius 2 is 2.17 bits per heavy atom. The molecule has 0 aromatic carbocycles. The number of pyridine rings is 1. The second kappa shape index (κ2) is 7.23. The molecule has 0 spiro atoms. The highest BCUT2D eigenvalue weighted by Gasteiger charge is 2.12. The van der Waals surface area contributed by atoms with Crippen molar-refractivity contribution in [1.29, 1.82) is 0 Å². The molecule has 1 aromatic rings. The average Bonchev–Trinajstić information content (AvgIpc) is 2.36. The SMILES string of the molecule is CCN(CC)CCSc1nccc(C(=O)O)c1N. The van der Waals surface area contributed by atoms with E-state index in [0.29, 0.717) is 5.03 Å². The molecule has 0 fully saturated rings. The Balaban J connectivity index is 2.63. The number of hydrogen-bond donors (Lipinski definition) is 2. The van der Waals surface area contributed by atoms with E-state index in [2.05, 4.69) is 23.7 Å². The summed E-state index contributed by atoms with van der Waals surface area (Å²) < 4.78 is 0. The number of carboxylic acid groups (broad SMARTS) is 1. The lowest BCUT2D eigenvalue weighted by Crippen LogP contribution is -2.25. The van der Waals surface area contributed by atoms with Gasteiger partial charge < -0.3 is 15.7 Å². The zero-order valence-electron chi connectivity index (χ0n) is 10.7. The van der Waals surface area contributed by atoms with Crippen molar-refractivity contribution < 1.29 is 9.90 Å². The van der Waals surface area contributed by atoms with Gasteiger partial charge in [0.15, 0.2) is 0 Å². The summed E-state index contributed by atoms with van der Waals surface area (Å²) >= 11 is 1.50. The number of aromatic carboxylic acids is 1. The van der Waals surface area contributed by atoms with E-state index in [-0.39, 0.29) is 11.3 Å². The number of thioether (sulfide) groups is 1. The summed E-state index contributed by atoms with van der Waals surface area (Å²) in [6, 6.07) is 1.42. The zero-order chi connectivity index (χ0) is 13.5. The molecule has 0 bridgehead atoms. The van der Waals surface area contributed by atoms with Crippen LogP contribution in [-0.2, 0) is 0 Å². The lowest BCUT2D eigenvalue weighted by Gasteiger charge is -2.17. The van der Waals surface area contributed by atoms with Crippen LogP contribution in [0.25, 0.3) is 0 Å². The zero-order valence-corrected chi connectivity index (χ0v) is 11.5. The predicted molar refractivity (Wildman–Crippen MR) is 74.1 cm³/mol. The van der Waals surface area contributed by atoms with Crippen molar-refractivity contribution in [2.45, 2.75) is 18.9 Å². The molecule has 0 unspecified atom stereocenters. The largest absolute Gasteiger partial charge is 0.478 e. The van der Waals surface area contributed by atoms with Crippen molar-refractivity contribution in [3.05, 3.63) is 17.8 Å². The molecule has 3 N–H and O–H groups in total. The van der Waals surface area contributed by atoms with Gasteiger partial charge in [-0.15, -0.1) is 11.8 Å². The van der Waals surface area contributed by atoms with Crippen molar-refractivity contribution >= 4 is 23.4 Å². The molecule has 0 aliphatic heterocycles. The normalized spacial score (nSPS) is 10.8. The minimum Gasteiger partial charge on any atom is -0.478 e. The van der Waals surface area contributed by atoms with Gasteiger partial charge in [0.05, 0.1) is 11.3 Å². The van der Waals surface area contributed by atoms with E-state index in [0.717, 1.165) is 25.4 Å². The number of nitrogen functional groups attached to an aromatic ring is 1. The van der Waals surface area contributed by atoms with Crippen molar-refractivity contribution in [1.82, 2.24) is 9.88 Å². The van der Waals surface area contributed by atoms with E-state index < -0.39 is 5.97 Å². The van der Waals surface area contributed by atoms with Crippen molar-refractivity contribution in [2.24, 2.45) is 0 Å². The molecular weight excluding hydrogens is 250 g/mol. The average molecular weight is 269 g/mol. The molecule has 0 radical (unpaired) electrons. The fraction of sp³-hybridized carbons (Fsp3) is 0.500. The molecule has 0 amide bonds. The Bertz CT molecular complexity index is 408. The molecule has 5 nitrogen and oxygen atoms in total. The third kappa shape index (κ3) is 3.89. The number of rotatable bonds is 7. The first-order valence-corrected chi connectivity index (χ1v) is 6.91. The summed E-state index contributed by atoms with van der Waals surface area (Å²) in [5, 5.41) is 9.55. The number of hydrogen-bond acceptors (Lipinski definition) is 5. The first-order valence-electron chi connectivity index (χ1n) is 5.93. The highest BCUT2D eigenvalue weighted by molar-refractivity contribution is 7.99. The van der Waals surface area contributed by atoms with Crippen LogP contribution in [-0.4, -0.2) is 46.3 Å². The summed E-state index contributed by atoms with van der Waals surface area (Å²) in [5.41, 5.74) is 6.17. The van der Waals surface area contributed by atoms with Gasteiger partial charge in [-0.1, -0.05) is 13.8 Å². The second-order valence-corrected chi connectivity index (χ2v) is 4.84. The minimum atomic E-state index is -1.01. The van der Waals surface area contributed by atoms with Gasteiger partial charge in [0.1, 0.15) is 5.03 Å². The summed E-state index contributed by atoms with van der Waals surface area (Å²) in [7, 11) is 0. The van der Waals surface area contributed by atoms with Gasteiger partial charge in [0.2, 0.25) is 0 Å². The van der Waals surface area contributed by atoms with Gasteiger partial charge in [-0.05, 0) is 19.2 Å². The molecule has 0 atom stereocenters. The highest BCUT2D eigenvalue weighted by atomic mass is 32.2. The molecule has 1 aromatic heterocycles. The monoisotopic (exact) mass is 269 g/mol. The fourth-order valence-electron chi connectivity index (χ4n) is 1.57. The third-order valence-electron chi connectivity index (χ3n) is 2.72. The number of aromatic nitrogens is 1. The third-order valence-corrected chi connectivity index (χ3v) is 3.71. The van der Waals surface area contributed by atoms with E-state index >= 15 is 0 Å². The summed E-state index contributed by atoms with van der Waals surface area (Å²) in [6.45, 7) is 7.19. The van der Waals surface area contributed by atoms with Gasteiger partial charge in [-0.25, -0.2) is 9.78 Å². The smallest absolute Gasteiger partial charge is 0.337 e. The van der Waals surface area contributed by atoms with Crippen LogP contribution in [0.2, 0.25) is 0 Å². The van der Waals surface area contributed by atoms with Crippen LogP contribution in [0.3, 0.4) is 0 Å². The van der Waals surface area contributed by atoms with E-state index in [1.54, 1.807) is 0 Å². The maximum absolute atomic E-state index is 10.9. The van der Waals surface area contributed by atoms with Crippen LogP contribution in [0.5, 0.6) is 0 Å². The number of anilines is 1.